The van der Waals surface area contributed by atoms with E-state index in [4.69, 9.17) is 0 Å². The summed E-state index contributed by atoms with van der Waals surface area (Å²) in [7, 11) is -2.12. The third kappa shape index (κ3) is 4.32. The van der Waals surface area contributed by atoms with Crippen LogP contribution in [0.15, 0.2) is 34.0 Å². The molecule has 0 radical (unpaired) electrons. The summed E-state index contributed by atoms with van der Waals surface area (Å²) in [5.74, 6) is -0.485. The van der Waals surface area contributed by atoms with E-state index in [0.29, 0.717) is 32.9 Å². The number of benzene rings is 1. The Labute approximate surface area is 169 Å². The second-order valence-corrected chi connectivity index (χ2v) is 9.94. The van der Waals surface area contributed by atoms with Crippen molar-refractivity contribution in [1.82, 2.24) is 4.98 Å². The number of rotatable bonds is 6. The number of hydrogen-bond acceptors (Lipinski definition) is 8. The topological polar surface area (TPSA) is 114 Å². The molecule has 3 rings (SSSR count). The average molecular weight is 440 g/mol. The molecule has 0 unspecified atom stereocenters. The van der Waals surface area contributed by atoms with Gasteiger partial charge < -0.3 is 15.4 Å². The molecule has 0 atom stereocenters. The number of nitrogens with one attached hydrogen (secondary N) is 2. The number of esters is 1. The standard InChI is InChI=1S/C17H17N3O5S3/c1-3-8-28(23,24)17-20-11-5-4-10(9-13(11)27-17)18-16(22)19-12-6-7-26-14(12)15(21)25-2/h4-7,9H,3,8H2,1-2H3,(H2,18,19,22). The zero-order valence-electron chi connectivity index (χ0n) is 15.0. The molecule has 8 nitrogen and oxygen atoms in total. The van der Waals surface area contributed by atoms with E-state index >= 15 is 0 Å². The van der Waals surface area contributed by atoms with Gasteiger partial charge >= 0.3 is 12.0 Å². The van der Waals surface area contributed by atoms with Gasteiger partial charge in [0, 0.05) is 5.69 Å². The highest BCUT2D eigenvalue weighted by Crippen LogP contribution is 2.29. The lowest BCUT2D eigenvalue weighted by molar-refractivity contribution is 0.0607. The van der Waals surface area contributed by atoms with Crippen LogP contribution in [-0.2, 0) is 14.6 Å². The minimum absolute atomic E-state index is 0.0451. The third-order valence-corrected chi connectivity index (χ3v) is 7.94. The summed E-state index contributed by atoms with van der Waals surface area (Å²) in [5, 5.41) is 6.93. The van der Waals surface area contributed by atoms with Crippen LogP contribution in [0, 0.1) is 0 Å². The van der Waals surface area contributed by atoms with Crippen LogP contribution in [0.3, 0.4) is 0 Å². The lowest BCUT2D eigenvalue weighted by atomic mass is 10.3. The number of hydrogen-bond donors (Lipinski definition) is 2. The molecule has 2 heterocycles. The molecule has 0 saturated carbocycles. The SMILES string of the molecule is CCCS(=O)(=O)c1nc2ccc(NC(=O)Nc3ccsc3C(=O)OC)cc2s1. The van der Waals surface area contributed by atoms with Crippen LogP contribution in [0.25, 0.3) is 10.2 Å². The van der Waals surface area contributed by atoms with E-state index in [1.54, 1.807) is 36.6 Å². The molecule has 1 aromatic carbocycles. The van der Waals surface area contributed by atoms with Gasteiger partial charge in [0.2, 0.25) is 14.2 Å². The average Bonchev–Trinajstić information content (AvgIpc) is 3.27. The number of sulfone groups is 1. The van der Waals surface area contributed by atoms with Crippen molar-refractivity contribution in [3.8, 4) is 0 Å². The van der Waals surface area contributed by atoms with Gasteiger partial charge in [0.05, 0.1) is 28.8 Å². The number of ether oxygens (including phenoxy) is 1. The molecule has 0 bridgehead atoms. The summed E-state index contributed by atoms with van der Waals surface area (Å²) in [6.07, 6.45) is 0.515. The predicted octanol–water partition coefficient (Wildman–Crippen LogP) is 3.97. The molecular formula is C17H17N3O5S3. The Morgan fingerprint density at radius 2 is 2.00 bits per heavy atom. The number of carbonyl (C=O) groups excluding carboxylic acids is 2. The molecule has 0 aliphatic rings. The first-order valence-electron chi connectivity index (χ1n) is 8.21. The van der Waals surface area contributed by atoms with E-state index in [2.05, 4.69) is 20.4 Å². The molecule has 11 heteroatoms. The number of amides is 2. The number of urea groups is 1. The predicted molar refractivity (Wildman–Crippen MR) is 110 cm³/mol. The van der Waals surface area contributed by atoms with Crippen LogP contribution in [0.1, 0.15) is 23.0 Å². The first-order chi connectivity index (χ1) is 13.3. The van der Waals surface area contributed by atoms with Crippen molar-refractivity contribution >= 4 is 66.1 Å². The largest absolute Gasteiger partial charge is 0.465 e. The molecule has 2 amide bonds. The van der Waals surface area contributed by atoms with Crippen LogP contribution in [-0.4, -0.2) is 38.3 Å². The quantitative estimate of drug-likeness (QED) is 0.562. The van der Waals surface area contributed by atoms with E-state index in [-0.39, 0.29) is 10.1 Å². The lowest BCUT2D eigenvalue weighted by Crippen LogP contribution is -2.20. The number of aromatic nitrogens is 1. The molecule has 0 spiro atoms. The molecule has 0 aliphatic carbocycles. The van der Waals surface area contributed by atoms with E-state index in [0.717, 1.165) is 22.7 Å². The molecule has 2 N–H and O–H groups in total. The highest BCUT2D eigenvalue weighted by Gasteiger charge is 2.19. The molecule has 2 aromatic heterocycles. The van der Waals surface area contributed by atoms with E-state index in [1.807, 2.05) is 0 Å². The zero-order chi connectivity index (χ0) is 20.3. The number of thiophene rings is 1. The van der Waals surface area contributed by atoms with Gasteiger partial charge in [0.1, 0.15) is 4.88 Å². The minimum atomic E-state index is -3.39. The van der Waals surface area contributed by atoms with E-state index < -0.39 is 21.8 Å². The number of carbonyl (C=O) groups is 2. The monoisotopic (exact) mass is 439 g/mol. The molecular weight excluding hydrogens is 422 g/mol. The number of thiazole rings is 1. The fraction of sp³-hybridized carbons (Fsp3) is 0.235. The highest BCUT2D eigenvalue weighted by molar-refractivity contribution is 7.93. The Hall–Kier alpha value is -2.50. The van der Waals surface area contributed by atoms with Crippen LogP contribution >= 0.6 is 22.7 Å². The maximum atomic E-state index is 12.3. The first-order valence-corrected chi connectivity index (χ1v) is 11.6. The van der Waals surface area contributed by atoms with Crippen molar-refractivity contribution in [2.75, 3.05) is 23.5 Å². The lowest BCUT2D eigenvalue weighted by Gasteiger charge is -2.07. The van der Waals surface area contributed by atoms with Crippen molar-refractivity contribution < 1.29 is 22.7 Å². The summed E-state index contributed by atoms with van der Waals surface area (Å²) in [6.45, 7) is 1.80. The Kier molecular flexibility index (Phi) is 5.96. The first kappa shape index (κ1) is 20.2. The maximum Gasteiger partial charge on any atom is 0.350 e. The summed E-state index contributed by atoms with van der Waals surface area (Å²) >= 11 is 2.23. The van der Waals surface area contributed by atoms with Gasteiger partial charge in [-0.05, 0) is 36.1 Å². The highest BCUT2D eigenvalue weighted by atomic mass is 32.2. The van der Waals surface area contributed by atoms with Crippen molar-refractivity contribution in [3.05, 3.63) is 34.5 Å². The van der Waals surface area contributed by atoms with Gasteiger partial charge in [0.15, 0.2) is 0 Å². The smallest absolute Gasteiger partial charge is 0.350 e. The van der Waals surface area contributed by atoms with Gasteiger partial charge in [-0.25, -0.2) is 23.0 Å². The van der Waals surface area contributed by atoms with Crippen LogP contribution in [0.2, 0.25) is 0 Å². The van der Waals surface area contributed by atoms with Crippen molar-refractivity contribution in [2.24, 2.45) is 0 Å². The van der Waals surface area contributed by atoms with Crippen LogP contribution < -0.4 is 10.6 Å². The number of nitrogens with zero attached hydrogens (tertiary/aromatic N) is 1. The molecule has 0 aliphatic heterocycles. The molecule has 0 fully saturated rings. The molecule has 0 saturated heterocycles. The Balaban J connectivity index is 1.77. The number of methoxy groups -OCH3 is 1. The summed E-state index contributed by atoms with van der Waals surface area (Å²) in [6, 6.07) is 6.01. The van der Waals surface area contributed by atoms with E-state index in [1.165, 1.54) is 7.11 Å². The Morgan fingerprint density at radius 3 is 2.71 bits per heavy atom. The maximum absolute atomic E-state index is 12.3. The fourth-order valence-corrected chi connectivity index (χ4v) is 5.89. The van der Waals surface area contributed by atoms with Crippen molar-refractivity contribution in [1.29, 1.82) is 0 Å². The van der Waals surface area contributed by atoms with E-state index in [9.17, 15) is 18.0 Å². The fourth-order valence-electron chi connectivity index (χ4n) is 2.41. The van der Waals surface area contributed by atoms with Gasteiger partial charge in [-0.15, -0.1) is 22.7 Å². The van der Waals surface area contributed by atoms with Gasteiger partial charge in [-0.3, -0.25) is 0 Å². The van der Waals surface area contributed by atoms with Gasteiger partial charge in [-0.2, -0.15) is 0 Å². The van der Waals surface area contributed by atoms with Gasteiger partial charge in [0.25, 0.3) is 0 Å². The van der Waals surface area contributed by atoms with Gasteiger partial charge in [-0.1, -0.05) is 6.92 Å². The molecule has 3 aromatic rings. The third-order valence-electron chi connectivity index (χ3n) is 3.65. The normalized spacial score (nSPS) is 11.4. The molecule has 148 valence electrons. The summed E-state index contributed by atoms with van der Waals surface area (Å²) < 4.78 is 29.8. The summed E-state index contributed by atoms with van der Waals surface area (Å²) in [4.78, 5) is 28.4. The number of anilines is 2. The van der Waals surface area contributed by atoms with Crippen molar-refractivity contribution in [2.45, 2.75) is 17.7 Å². The summed E-state index contributed by atoms with van der Waals surface area (Å²) in [5.41, 5.74) is 1.38. The van der Waals surface area contributed by atoms with Crippen molar-refractivity contribution in [3.63, 3.8) is 0 Å². The second-order valence-electron chi connectivity index (χ2n) is 5.72. The minimum Gasteiger partial charge on any atom is -0.465 e. The van der Waals surface area contributed by atoms with Crippen LogP contribution in [0.4, 0.5) is 16.2 Å². The van der Waals surface area contributed by atoms with Crippen LogP contribution in [0.5, 0.6) is 0 Å². The second kappa shape index (κ2) is 8.25. The Morgan fingerprint density at radius 1 is 1.21 bits per heavy atom. The number of fused-ring (bicyclic) bond motifs is 1. The molecule has 28 heavy (non-hydrogen) atoms. The Bertz CT molecular complexity index is 1130. The zero-order valence-corrected chi connectivity index (χ0v) is 17.5.